The Morgan fingerprint density at radius 1 is 1.15 bits per heavy atom. The lowest BCUT2D eigenvalue weighted by molar-refractivity contribution is -0.116. The number of aryl methyl sites for hydroxylation is 1. The number of nitrogens with one attached hydrogen (secondary N) is 1. The SMILES string of the molecule is O=C1CCCc2cc(C(O)C3C4CCCC43)ccc2N1. The van der Waals surface area contributed by atoms with Crippen LogP contribution in [0.15, 0.2) is 18.2 Å². The third-order valence-corrected chi connectivity index (χ3v) is 5.43. The molecule has 3 heteroatoms. The third kappa shape index (κ3) is 1.96. The summed E-state index contributed by atoms with van der Waals surface area (Å²) in [5.74, 6) is 2.13. The van der Waals surface area contributed by atoms with Crippen molar-refractivity contribution in [2.75, 3.05) is 5.32 Å². The van der Waals surface area contributed by atoms with E-state index in [0.717, 1.165) is 35.9 Å². The highest BCUT2D eigenvalue weighted by molar-refractivity contribution is 5.92. The monoisotopic (exact) mass is 271 g/mol. The summed E-state index contributed by atoms with van der Waals surface area (Å²) in [7, 11) is 0. The van der Waals surface area contributed by atoms with Gasteiger partial charge in [-0.1, -0.05) is 18.6 Å². The minimum atomic E-state index is -0.311. The van der Waals surface area contributed by atoms with Crippen LogP contribution in [-0.2, 0) is 11.2 Å². The Hall–Kier alpha value is -1.35. The lowest BCUT2D eigenvalue weighted by Crippen LogP contribution is -2.10. The number of benzene rings is 1. The molecule has 2 fully saturated rings. The predicted molar refractivity (Wildman–Crippen MR) is 77.3 cm³/mol. The van der Waals surface area contributed by atoms with E-state index in [-0.39, 0.29) is 12.0 Å². The smallest absolute Gasteiger partial charge is 0.224 e. The predicted octanol–water partition coefficient (Wildman–Crippen LogP) is 3.04. The summed E-state index contributed by atoms with van der Waals surface area (Å²) in [6, 6.07) is 6.07. The van der Waals surface area contributed by atoms with Crippen molar-refractivity contribution in [2.45, 2.75) is 44.6 Å². The van der Waals surface area contributed by atoms with E-state index in [9.17, 15) is 9.90 Å². The Balaban J connectivity index is 1.57. The molecular weight excluding hydrogens is 250 g/mol. The molecule has 2 N–H and O–H groups in total. The van der Waals surface area contributed by atoms with Crippen molar-refractivity contribution in [3.8, 4) is 0 Å². The molecule has 0 radical (unpaired) electrons. The molecule has 106 valence electrons. The zero-order chi connectivity index (χ0) is 13.7. The number of aliphatic hydroxyl groups excluding tert-OH is 1. The molecule has 3 unspecified atom stereocenters. The van der Waals surface area contributed by atoms with Crippen LogP contribution >= 0.6 is 0 Å². The van der Waals surface area contributed by atoms with Crippen LogP contribution in [0.25, 0.3) is 0 Å². The van der Waals surface area contributed by atoms with E-state index in [1.54, 1.807) is 0 Å². The maximum atomic E-state index is 11.6. The van der Waals surface area contributed by atoms with Crippen LogP contribution in [0.4, 0.5) is 5.69 Å². The molecule has 2 saturated carbocycles. The molecule has 1 aromatic rings. The number of hydrogen-bond acceptors (Lipinski definition) is 2. The lowest BCUT2D eigenvalue weighted by atomic mass is 9.96. The Labute approximate surface area is 119 Å². The van der Waals surface area contributed by atoms with Crippen LogP contribution in [0.2, 0.25) is 0 Å². The van der Waals surface area contributed by atoms with Crippen molar-refractivity contribution in [3.05, 3.63) is 29.3 Å². The molecule has 3 nitrogen and oxygen atoms in total. The molecule has 2 aliphatic carbocycles. The fourth-order valence-electron chi connectivity index (χ4n) is 4.35. The number of anilines is 1. The average molecular weight is 271 g/mol. The fraction of sp³-hybridized carbons (Fsp3) is 0.588. The molecular formula is C17H21NO2. The maximum Gasteiger partial charge on any atom is 0.224 e. The number of aliphatic hydroxyl groups is 1. The van der Waals surface area contributed by atoms with Crippen LogP contribution in [0.3, 0.4) is 0 Å². The van der Waals surface area contributed by atoms with Crippen LogP contribution in [-0.4, -0.2) is 11.0 Å². The van der Waals surface area contributed by atoms with E-state index < -0.39 is 0 Å². The summed E-state index contributed by atoms with van der Waals surface area (Å²) in [6.07, 6.45) is 6.04. The highest BCUT2D eigenvalue weighted by Gasteiger charge is 2.55. The van der Waals surface area contributed by atoms with Crippen LogP contribution in [0.5, 0.6) is 0 Å². The maximum absolute atomic E-state index is 11.6. The van der Waals surface area contributed by atoms with Gasteiger partial charge < -0.3 is 10.4 Å². The van der Waals surface area contributed by atoms with E-state index in [0.29, 0.717) is 12.3 Å². The van der Waals surface area contributed by atoms with Gasteiger partial charge in [-0.05, 0) is 60.6 Å². The van der Waals surface area contributed by atoms with Gasteiger partial charge in [0.15, 0.2) is 0 Å². The molecule has 0 bridgehead atoms. The third-order valence-electron chi connectivity index (χ3n) is 5.43. The van der Waals surface area contributed by atoms with Gasteiger partial charge in [0.25, 0.3) is 0 Å². The molecule has 1 amide bonds. The van der Waals surface area contributed by atoms with Crippen LogP contribution in [0, 0.1) is 17.8 Å². The first-order valence-electron chi connectivity index (χ1n) is 7.85. The first kappa shape index (κ1) is 12.4. The summed E-state index contributed by atoms with van der Waals surface area (Å²) in [6.45, 7) is 0. The second-order valence-electron chi connectivity index (χ2n) is 6.60. The Bertz CT molecular complexity index is 544. The number of carbonyl (C=O) groups is 1. The topological polar surface area (TPSA) is 49.3 Å². The molecule has 20 heavy (non-hydrogen) atoms. The van der Waals surface area contributed by atoms with Gasteiger partial charge in [0, 0.05) is 12.1 Å². The summed E-state index contributed by atoms with van der Waals surface area (Å²) >= 11 is 0. The number of amides is 1. The molecule has 3 atom stereocenters. The van der Waals surface area contributed by atoms with Crippen molar-refractivity contribution in [1.82, 2.24) is 0 Å². The van der Waals surface area contributed by atoms with Crippen molar-refractivity contribution in [2.24, 2.45) is 17.8 Å². The molecule has 3 aliphatic rings. The Kier molecular flexibility index (Phi) is 2.84. The second-order valence-corrected chi connectivity index (χ2v) is 6.60. The molecule has 4 rings (SSSR count). The van der Waals surface area contributed by atoms with Gasteiger partial charge in [-0.25, -0.2) is 0 Å². The van der Waals surface area contributed by atoms with E-state index in [2.05, 4.69) is 11.4 Å². The van der Waals surface area contributed by atoms with E-state index in [4.69, 9.17) is 0 Å². The highest BCUT2D eigenvalue weighted by atomic mass is 16.3. The van der Waals surface area contributed by atoms with Crippen molar-refractivity contribution in [3.63, 3.8) is 0 Å². The standard InChI is InChI=1S/C17H21NO2/c19-15-6-1-3-10-9-11(7-8-14(10)18-15)17(20)16-12-4-2-5-13(12)16/h7-9,12-13,16-17,20H,1-6H2,(H,18,19). The minimum Gasteiger partial charge on any atom is -0.388 e. The van der Waals surface area contributed by atoms with E-state index >= 15 is 0 Å². The summed E-state index contributed by atoms with van der Waals surface area (Å²) < 4.78 is 0. The first-order chi connectivity index (χ1) is 9.74. The molecule has 0 aromatic heterocycles. The van der Waals surface area contributed by atoms with E-state index in [1.807, 2.05) is 12.1 Å². The zero-order valence-electron chi connectivity index (χ0n) is 11.6. The fourth-order valence-corrected chi connectivity index (χ4v) is 4.35. The highest BCUT2D eigenvalue weighted by Crippen LogP contribution is 2.62. The summed E-state index contributed by atoms with van der Waals surface area (Å²) in [4.78, 5) is 11.6. The van der Waals surface area contributed by atoms with Gasteiger partial charge in [0.2, 0.25) is 5.91 Å². The van der Waals surface area contributed by atoms with Gasteiger partial charge in [0.1, 0.15) is 0 Å². The van der Waals surface area contributed by atoms with Gasteiger partial charge in [-0.15, -0.1) is 0 Å². The average Bonchev–Trinajstić information content (AvgIpc) is 3.00. The number of carbonyl (C=O) groups excluding carboxylic acids is 1. The Morgan fingerprint density at radius 2 is 1.95 bits per heavy atom. The Morgan fingerprint density at radius 3 is 2.75 bits per heavy atom. The molecule has 0 saturated heterocycles. The van der Waals surface area contributed by atoms with Crippen molar-refractivity contribution < 1.29 is 9.90 Å². The van der Waals surface area contributed by atoms with Crippen LogP contribution in [0.1, 0.15) is 49.3 Å². The minimum absolute atomic E-state index is 0.105. The van der Waals surface area contributed by atoms with Gasteiger partial charge in [-0.2, -0.15) is 0 Å². The molecule has 1 heterocycles. The number of rotatable bonds is 2. The quantitative estimate of drug-likeness (QED) is 0.868. The molecule has 1 aliphatic heterocycles. The molecule has 0 spiro atoms. The molecule has 1 aromatic carbocycles. The zero-order valence-corrected chi connectivity index (χ0v) is 11.6. The number of fused-ring (bicyclic) bond motifs is 2. The summed E-state index contributed by atoms with van der Waals surface area (Å²) in [5.41, 5.74) is 3.15. The van der Waals surface area contributed by atoms with Gasteiger partial charge in [0.05, 0.1) is 6.10 Å². The van der Waals surface area contributed by atoms with E-state index in [1.165, 1.54) is 24.8 Å². The van der Waals surface area contributed by atoms with Gasteiger partial charge >= 0.3 is 0 Å². The second kappa shape index (κ2) is 4.59. The normalized spacial score (nSPS) is 32.9. The van der Waals surface area contributed by atoms with Gasteiger partial charge in [-0.3, -0.25) is 4.79 Å². The van der Waals surface area contributed by atoms with Crippen molar-refractivity contribution in [1.29, 1.82) is 0 Å². The largest absolute Gasteiger partial charge is 0.388 e. The van der Waals surface area contributed by atoms with Crippen molar-refractivity contribution >= 4 is 11.6 Å². The summed E-state index contributed by atoms with van der Waals surface area (Å²) in [5, 5.41) is 13.6. The van der Waals surface area contributed by atoms with Crippen LogP contribution < -0.4 is 5.32 Å². The lowest BCUT2D eigenvalue weighted by Gasteiger charge is -2.16. The first-order valence-corrected chi connectivity index (χ1v) is 7.85. The number of hydrogen-bond donors (Lipinski definition) is 2.